The molecule has 0 fully saturated rings. The van der Waals surface area contributed by atoms with Gasteiger partial charge in [-0.25, -0.2) is 8.42 Å². The minimum Gasteiger partial charge on any atom is -0.352 e. The summed E-state index contributed by atoms with van der Waals surface area (Å²) in [7, 11) is -3.87. The molecule has 0 heterocycles. The van der Waals surface area contributed by atoms with Crippen LogP contribution in [0.3, 0.4) is 0 Å². The molecule has 0 aliphatic rings. The summed E-state index contributed by atoms with van der Waals surface area (Å²) in [6.45, 7) is 4.86. The van der Waals surface area contributed by atoms with Crippen molar-refractivity contribution < 1.29 is 18.0 Å². The molecule has 1 N–H and O–H groups in total. The van der Waals surface area contributed by atoms with E-state index in [4.69, 9.17) is 23.2 Å². The number of nitrogens with one attached hydrogen (secondary N) is 1. The van der Waals surface area contributed by atoms with Gasteiger partial charge in [0.1, 0.15) is 12.6 Å². The molecule has 0 aromatic heterocycles. The van der Waals surface area contributed by atoms with Crippen LogP contribution < -0.4 is 9.62 Å². The standard InChI is InChI=1S/C29H32BrCl2N3O4S/c1-19(2)33-29(37)27(16-21-9-6-5-7-10-21)34(17-23-25(31)11-8-12-26(23)32)28(36)18-35(40(4,38)39)22-13-14-24(30)20(3)15-22/h5-15,19,27H,16-18H2,1-4H3,(H,33,37). The van der Waals surface area contributed by atoms with Gasteiger partial charge in [-0.2, -0.15) is 0 Å². The van der Waals surface area contributed by atoms with Crippen LogP contribution in [0, 0.1) is 6.92 Å². The second kappa shape index (κ2) is 13.9. The van der Waals surface area contributed by atoms with E-state index in [9.17, 15) is 18.0 Å². The predicted octanol–water partition coefficient (Wildman–Crippen LogP) is 6.00. The van der Waals surface area contributed by atoms with Crippen molar-refractivity contribution in [2.24, 2.45) is 0 Å². The average Bonchev–Trinajstić information content (AvgIpc) is 2.87. The number of rotatable bonds is 11. The van der Waals surface area contributed by atoms with E-state index in [-0.39, 0.29) is 24.9 Å². The average molecular weight is 669 g/mol. The van der Waals surface area contributed by atoms with Gasteiger partial charge in [0.2, 0.25) is 21.8 Å². The molecule has 0 spiro atoms. The van der Waals surface area contributed by atoms with Crippen molar-refractivity contribution in [2.75, 3.05) is 17.1 Å². The Kier molecular flexibility index (Phi) is 11.1. The van der Waals surface area contributed by atoms with Gasteiger partial charge in [-0.05, 0) is 62.2 Å². The minimum atomic E-state index is -3.87. The second-order valence-electron chi connectivity index (χ2n) is 9.79. The lowest BCUT2D eigenvalue weighted by Crippen LogP contribution is -2.54. The number of benzene rings is 3. The monoisotopic (exact) mass is 667 g/mol. The Hall–Kier alpha value is -2.59. The quantitative estimate of drug-likeness (QED) is 0.272. The first-order valence-corrected chi connectivity index (χ1v) is 16.0. The Morgan fingerprint density at radius 3 is 2.15 bits per heavy atom. The van der Waals surface area contributed by atoms with Gasteiger partial charge >= 0.3 is 0 Å². The maximum atomic E-state index is 14.1. The fraction of sp³-hybridized carbons (Fsp3) is 0.310. The van der Waals surface area contributed by atoms with Crippen molar-refractivity contribution in [3.8, 4) is 0 Å². The maximum absolute atomic E-state index is 14.1. The number of carbonyl (C=O) groups is 2. The molecular weight excluding hydrogens is 637 g/mol. The van der Waals surface area contributed by atoms with Gasteiger partial charge in [0.15, 0.2) is 0 Å². The Morgan fingerprint density at radius 1 is 0.975 bits per heavy atom. The van der Waals surface area contributed by atoms with E-state index < -0.39 is 28.5 Å². The number of amides is 2. The highest BCUT2D eigenvalue weighted by Gasteiger charge is 2.34. The number of nitrogens with zero attached hydrogens (tertiary/aromatic N) is 2. The lowest BCUT2D eigenvalue weighted by molar-refractivity contribution is -0.140. The highest BCUT2D eigenvalue weighted by Crippen LogP contribution is 2.29. The van der Waals surface area contributed by atoms with Crippen LogP contribution in [0.2, 0.25) is 10.0 Å². The van der Waals surface area contributed by atoms with E-state index in [1.165, 1.54) is 4.90 Å². The zero-order chi connectivity index (χ0) is 29.6. The first-order chi connectivity index (χ1) is 18.8. The number of sulfonamides is 1. The van der Waals surface area contributed by atoms with Crippen LogP contribution in [-0.2, 0) is 32.6 Å². The summed E-state index contributed by atoms with van der Waals surface area (Å²) in [6.07, 6.45) is 1.24. The van der Waals surface area contributed by atoms with Gasteiger partial charge in [0.25, 0.3) is 0 Å². The summed E-state index contributed by atoms with van der Waals surface area (Å²) < 4.78 is 27.7. The Balaban J connectivity index is 2.11. The first kappa shape index (κ1) is 31.9. The molecule has 0 aliphatic heterocycles. The maximum Gasteiger partial charge on any atom is 0.244 e. The fourth-order valence-electron chi connectivity index (χ4n) is 4.19. The third-order valence-electron chi connectivity index (χ3n) is 6.20. The van der Waals surface area contributed by atoms with Gasteiger partial charge in [-0.3, -0.25) is 13.9 Å². The lowest BCUT2D eigenvalue weighted by Gasteiger charge is -2.34. The molecule has 7 nitrogen and oxygen atoms in total. The van der Waals surface area contributed by atoms with Crippen molar-refractivity contribution >= 4 is 66.7 Å². The summed E-state index contributed by atoms with van der Waals surface area (Å²) in [5.74, 6) is -0.956. The predicted molar refractivity (Wildman–Crippen MR) is 165 cm³/mol. The van der Waals surface area contributed by atoms with Crippen LogP contribution in [0.4, 0.5) is 5.69 Å². The molecule has 0 aliphatic carbocycles. The minimum absolute atomic E-state index is 0.0999. The van der Waals surface area contributed by atoms with Crippen LogP contribution in [0.15, 0.2) is 71.2 Å². The highest BCUT2D eigenvalue weighted by atomic mass is 79.9. The van der Waals surface area contributed by atoms with Gasteiger partial charge < -0.3 is 10.2 Å². The van der Waals surface area contributed by atoms with Gasteiger partial charge in [0.05, 0.1) is 11.9 Å². The summed E-state index contributed by atoms with van der Waals surface area (Å²) >= 11 is 16.4. The van der Waals surface area contributed by atoms with Crippen molar-refractivity contribution in [3.05, 3.63) is 97.9 Å². The molecule has 11 heteroatoms. The molecule has 0 saturated carbocycles. The molecule has 2 amide bonds. The third kappa shape index (κ3) is 8.46. The second-order valence-corrected chi connectivity index (χ2v) is 13.4. The fourth-order valence-corrected chi connectivity index (χ4v) is 5.79. The van der Waals surface area contributed by atoms with E-state index >= 15 is 0 Å². The van der Waals surface area contributed by atoms with Crippen LogP contribution in [-0.4, -0.2) is 50.0 Å². The number of hydrogen-bond acceptors (Lipinski definition) is 4. The molecule has 1 atom stereocenters. The van der Waals surface area contributed by atoms with E-state index in [1.54, 1.807) is 36.4 Å². The molecule has 3 rings (SSSR count). The molecule has 3 aromatic carbocycles. The number of halogens is 3. The molecule has 0 bridgehead atoms. The third-order valence-corrected chi connectivity index (χ3v) is 8.94. The van der Waals surface area contributed by atoms with E-state index in [1.807, 2.05) is 51.1 Å². The summed E-state index contributed by atoms with van der Waals surface area (Å²) in [5.41, 5.74) is 2.42. The largest absolute Gasteiger partial charge is 0.352 e. The van der Waals surface area contributed by atoms with Crippen molar-refractivity contribution in [3.63, 3.8) is 0 Å². The van der Waals surface area contributed by atoms with Gasteiger partial charge in [-0.1, -0.05) is 75.5 Å². The Labute approximate surface area is 254 Å². The normalized spacial score (nSPS) is 12.2. The first-order valence-electron chi connectivity index (χ1n) is 12.6. The molecule has 40 heavy (non-hydrogen) atoms. The number of aryl methyl sites for hydroxylation is 1. The molecule has 1 unspecified atom stereocenters. The van der Waals surface area contributed by atoms with Crippen LogP contribution in [0.5, 0.6) is 0 Å². The molecule has 0 saturated heterocycles. The number of carbonyl (C=O) groups excluding carboxylic acids is 2. The molecule has 0 radical (unpaired) electrons. The van der Waals surface area contributed by atoms with Crippen LogP contribution in [0.25, 0.3) is 0 Å². The lowest BCUT2D eigenvalue weighted by atomic mass is 10.0. The highest BCUT2D eigenvalue weighted by molar-refractivity contribution is 9.10. The van der Waals surface area contributed by atoms with Crippen LogP contribution >= 0.6 is 39.1 Å². The van der Waals surface area contributed by atoms with Gasteiger partial charge in [-0.15, -0.1) is 0 Å². The Bertz CT molecular complexity index is 1450. The zero-order valence-electron chi connectivity index (χ0n) is 22.7. The topological polar surface area (TPSA) is 86.8 Å². The Morgan fingerprint density at radius 2 is 1.60 bits per heavy atom. The smallest absolute Gasteiger partial charge is 0.244 e. The van der Waals surface area contributed by atoms with Crippen molar-refractivity contribution in [1.29, 1.82) is 0 Å². The van der Waals surface area contributed by atoms with E-state index in [0.717, 1.165) is 26.2 Å². The number of hydrogen-bond donors (Lipinski definition) is 1. The zero-order valence-corrected chi connectivity index (χ0v) is 26.6. The summed E-state index contributed by atoms with van der Waals surface area (Å²) in [5, 5.41) is 3.57. The molecular formula is C29H32BrCl2N3O4S. The summed E-state index contributed by atoms with van der Waals surface area (Å²) in [4.78, 5) is 29.1. The van der Waals surface area contributed by atoms with Crippen molar-refractivity contribution in [2.45, 2.75) is 45.8 Å². The SMILES string of the molecule is Cc1cc(N(CC(=O)N(Cc2c(Cl)cccc2Cl)C(Cc2ccccc2)C(=O)NC(C)C)S(C)(=O)=O)ccc1Br. The molecule has 214 valence electrons. The van der Waals surface area contributed by atoms with Crippen molar-refractivity contribution in [1.82, 2.24) is 10.2 Å². The van der Waals surface area contributed by atoms with E-state index in [2.05, 4.69) is 21.2 Å². The van der Waals surface area contributed by atoms with Crippen LogP contribution in [0.1, 0.15) is 30.5 Å². The summed E-state index contributed by atoms with van der Waals surface area (Å²) in [6, 6.07) is 18.2. The van der Waals surface area contributed by atoms with Gasteiger partial charge in [0, 0.05) is 39.1 Å². The molecule has 3 aromatic rings. The number of anilines is 1. The van der Waals surface area contributed by atoms with E-state index in [0.29, 0.717) is 21.3 Å².